The highest BCUT2D eigenvalue weighted by atomic mass is 31.1. The van der Waals surface area contributed by atoms with Crippen LogP contribution in [-0.2, 0) is 0 Å². The first kappa shape index (κ1) is 12.5. The smallest absolute Gasteiger partial charge is 0.00165 e. The van der Waals surface area contributed by atoms with Crippen molar-refractivity contribution in [2.45, 2.75) is 39.5 Å². The molecule has 0 aromatic carbocycles. The molecule has 0 saturated carbocycles. The van der Waals surface area contributed by atoms with E-state index in [2.05, 4.69) is 11.9 Å². The third kappa shape index (κ3) is 3.21. The molecule has 0 N–H and O–H groups in total. The molecule has 2 fully saturated rings. The monoisotopic (exact) mass is 215 g/mol. The van der Waals surface area contributed by atoms with E-state index in [-0.39, 0.29) is 0 Å². The number of rotatable bonds is 0. The van der Waals surface area contributed by atoms with Gasteiger partial charge in [-0.05, 0) is 63.6 Å². The van der Waals surface area contributed by atoms with E-state index < -0.39 is 0 Å². The zero-order valence-corrected chi connectivity index (χ0v) is 11.1. The van der Waals surface area contributed by atoms with E-state index in [0.29, 0.717) is 0 Å². The molecule has 1 nitrogen and oxygen atoms in total. The van der Waals surface area contributed by atoms with Crippen molar-refractivity contribution in [1.29, 1.82) is 0 Å². The Morgan fingerprint density at radius 3 is 1.93 bits per heavy atom. The largest absolute Gasteiger partial charge is 0.306 e. The lowest BCUT2D eigenvalue weighted by Crippen LogP contribution is -2.39. The molecule has 2 aliphatic heterocycles. The lowest BCUT2D eigenvalue weighted by atomic mass is 9.74. The molecule has 0 atom stereocenters. The maximum absolute atomic E-state index is 2.49. The summed E-state index contributed by atoms with van der Waals surface area (Å²) in [4.78, 5) is 2.49. The van der Waals surface area contributed by atoms with Crippen molar-refractivity contribution < 1.29 is 0 Å². The Bertz CT molecular complexity index is 142. The maximum Gasteiger partial charge on any atom is -0.00165 e. The highest BCUT2D eigenvalue weighted by molar-refractivity contribution is 7.38. The molecular weight excluding hydrogens is 189 g/mol. The summed E-state index contributed by atoms with van der Waals surface area (Å²) in [7, 11) is 3.54. The number of hydrogen-bond donors (Lipinski definition) is 0. The van der Waals surface area contributed by atoms with Crippen molar-refractivity contribution in [1.82, 2.24) is 4.90 Å². The second kappa shape index (κ2) is 6.08. The molecule has 0 radical (unpaired) electrons. The molecule has 2 heteroatoms. The van der Waals surface area contributed by atoms with Crippen LogP contribution >= 0.6 is 8.58 Å². The van der Waals surface area contributed by atoms with E-state index in [4.69, 9.17) is 0 Å². The van der Waals surface area contributed by atoms with Crippen LogP contribution in [0, 0.1) is 5.41 Å². The van der Waals surface area contributed by atoms with Gasteiger partial charge >= 0.3 is 0 Å². The fourth-order valence-electron chi connectivity index (χ4n) is 2.55. The van der Waals surface area contributed by atoms with Crippen LogP contribution in [0.25, 0.3) is 0 Å². The highest BCUT2D eigenvalue weighted by Gasteiger charge is 2.34. The van der Waals surface area contributed by atoms with Crippen molar-refractivity contribution in [2.24, 2.45) is 5.41 Å². The summed E-state index contributed by atoms with van der Waals surface area (Å²) in [6.07, 6.45) is 9.11. The molecule has 0 aromatic heterocycles. The van der Waals surface area contributed by atoms with Crippen LogP contribution in [0.15, 0.2) is 0 Å². The fraction of sp³-hybridized carbons (Fsp3) is 1.00. The van der Waals surface area contributed by atoms with E-state index in [1.165, 1.54) is 46.8 Å². The predicted octanol–water partition coefficient (Wildman–Crippen LogP) is 3.20. The molecule has 0 bridgehead atoms. The first-order chi connectivity index (χ1) is 6.81. The topological polar surface area (TPSA) is 3.24 Å². The number of piperidine rings is 1. The van der Waals surface area contributed by atoms with Gasteiger partial charge in [0.1, 0.15) is 0 Å². The summed E-state index contributed by atoms with van der Waals surface area (Å²) in [5.41, 5.74) is 0.803. The minimum absolute atomic E-state index is 0.803. The average Bonchev–Trinajstić information content (AvgIpc) is 2.27. The summed E-state index contributed by atoms with van der Waals surface area (Å²) in [6.45, 7) is 6.70. The molecule has 2 rings (SSSR count). The number of hydrogen-bond acceptors (Lipinski definition) is 1. The predicted molar refractivity (Wildman–Crippen MR) is 67.8 cm³/mol. The van der Waals surface area contributed by atoms with Gasteiger partial charge in [-0.15, -0.1) is 8.58 Å². The first-order valence-corrected chi connectivity index (χ1v) is 7.62. The van der Waals surface area contributed by atoms with Crippen molar-refractivity contribution in [3.63, 3.8) is 0 Å². The van der Waals surface area contributed by atoms with E-state index in [0.717, 1.165) is 5.41 Å². The lowest BCUT2D eigenvalue weighted by molar-refractivity contribution is 0.112. The Morgan fingerprint density at radius 1 is 0.929 bits per heavy atom. The third-order valence-corrected chi connectivity index (χ3v) is 4.92. The zero-order chi connectivity index (χ0) is 10.4. The molecule has 1 spiro atoms. The average molecular weight is 215 g/mol. The van der Waals surface area contributed by atoms with E-state index in [9.17, 15) is 0 Å². The Kier molecular flexibility index (Phi) is 5.41. The van der Waals surface area contributed by atoms with Gasteiger partial charge in [0, 0.05) is 0 Å². The molecule has 2 heterocycles. The van der Waals surface area contributed by atoms with E-state index in [1.54, 1.807) is 12.8 Å². The Hall–Kier alpha value is 0.390. The third-order valence-electron chi connectivity index (χ3n) is 3.71. The van der Waals surface area contributed by atoms with Gasteiger partial charge in [0.15, 0.2) is 0 Å². The zero-order valence-electron chi connectivity index (χ0n) is 10.1. The van der Waals surface area contributed by atoms with Gasteiger partial charge in [-0.25, -0.2) is 0 Å². The van der Waals surface area contributed by atoms with Crippen LogP contribution in [0.4, 0.5) is 0 Å². The van der Waals surface area contributed by atoms with Gasteiger partial charge in [-0.1, -0.05) is 13.8 Å². The van der Waals surface area contributed by atoms with Crippen LogP contribution in [-0.4, -0.2) is 37.4 Å². The second-order valence-corrected chi connectivity index (χ2v) is 6.05. The van der Waals surface area contributed by atoms with E-state index >= 15 is 0 Å². The normalized spacial score (nSPS) is 26.8. The van der Waals surface area contributed by atoms with E-state index in [1.807, 2.05) is 13.8 Å². The molecule has 0 aliphatic carbocycles. The molecule has 0 aromatic rings. The van der Waals surface area contributed by atoms with Gasteiger partial charge in [0.25, 0.3) is 0 Å². The SMILES string of the molecule is CC.CN1CCC2(CCPCC2)CC1. The highest BCUT2D eigenvalue weighted by Crippen LogP contribution is 2.44. The summed E-state index contributed by atoms with van der Waals surface area (Å²) in [6, 6.07) is 0. The van der Waals surface area contributed by atoms with Gasteiger partial charge in [-0.3, -0.25) is 0 Å². The first-order valence-electron chi connectivity index (χ1n) is 6.20. The minimum Gasteiger partial charge on any atom is -0.306 e. The van der Waals surface area contributed by atoms with Crippen LogP contribution in [0.5, 0.6) is 0 Å². The quantitative estimate of drug-likeness (QED) is 0.561. The maximum atomic E-state index is 2.49. The van der Waals surface area contributed by atoms with Crippen LogP contribution in [0.3, 0.4) is 0 Å². The summed E-state index contributed by atoms with van der Waals surface area (Å²) < 4.78 is 0. The molecule has 84 valence electrons. The summed E-state index contributed by atoms with van der Waals surface area (Å²) >= 11 is 0. The summed E-state index contributed by atoms with van der Waals surface area (Å²) in [5, 5.41) is 0. The van der Waals surface area contributed by atoms with Crippen molar-refractivity contribution in [3.05, 3.63) is 0 Å². The minimum atomic E-state index is 0.803. The van der Waals surface area contributed by atoms with Crippen molar-refractivity contribution in [2.75, 3.05) is 32.5 Å². The lowest BCUT2D eigenvalue weighted by Gasteiger charge is -2.43. The number of likely N-dealkylation sites (tertiary alicyclic amines) is 1. The Balaban J connectivity index is 0.000000461. The number of nitrogens with zero attached hydrogens (tertiary/aromatic N) is 1. The molecule has 2 aliphatic rings. The molecule has 0 unspecified atom stereocenters. The van der Waals surface area contributed by atoms with Crippen LogP contribution < -0.4 is 0 Å². The van der Waals surface area contributed by atoms with Crippen molar-refractivity contribution in [3.8, 4) is 0 Å². The standard InChI is InChI=1S/C10H20NP.C2H6/c1-11-6-2-10(3-7-11)4-8-12-9-5-10;1-2/h12H,2-9H2,1H3;1-2H3. The van der Waals surface area contributed by atoms with Crippen LogP contribution in [0.1, 0.15) is 39.5 Å². The van der Waals surface area contributed by atoms with Gasteiger partial charge in [0.2, 0.25) is 0 Å². The molecule has 14 heavy (non-hydrogen) atoms. The Labute approximate surface area is 91.4 Å². The Morgan fingerprint density at radius 2 is 1.43 bits per heavy atom. The van der Waals surface area contributed by atoms with Gasteiger partial charge < -0.3 is 4.90 Å². The fourth-order valence-corrected chi connectivity index (χ4v) is 4.21. The second-order valence-electron chi connectivity index (χ2n) is 4.55. The van der Waals surface area contributed by atoms with Crippen LogP contribution in [0.2, 0.25) is 0 Å². The van der Waals surface area contributed by atoms with Gasteiger partial charge in [-0.2, -0.15) is 0 Å². The summed E-state index contributed by atoms with van der Waals surface area (Å²) in [5.74, 6) is 0. The molecular formula is C12H26NP. The van der Waals surface area contributed by atoms with Gasteiger partial charge in [0.05, 0.1) is 0 Å². The molecule has 2 saturated heterocycles. The molecule has 0 amide bonds. The van der Waals surface area contributed by atoms with Crippen molar-refractivity contribution >= 4 is 8.58 Å².